The summed E-state index contributed by atoms with van der Waals surface area (Å²) in [5.74, 6) is 0. The van der Waals surface area contributed by atoms with Gasteiger partial charge in [-0.15, -0.1) is 0 Å². The molecule has 4 heteroatoms. The molecular formula is C16H22O3S. The van der Waals surface area contributed by atoms with Crippen LogP contribution in [0.4, 0.5) is 0 Å². The lowest BCUT2D eigenvalue weighted by Gasteiger charge is -2.59. The highest BCUT2D eigenvalue weighted by atomic mass is 32.2. The van der Waals surface area contributed by atoms with Crippen molar-refractivity contribution in [1.29, 1.82) is 0 Å². The van der Waals surface area contributed by atoms with Gasteiger partial charge in [0.25, 0.3) is 10.1 Å². The Balaban J connectivity index is 1.61. The number of rotatable bonds is 4. The van der Waals surface area contributed by atoms with Gasteiger partial charge in [-0.2, -0.15) is 8.42 Å². The average Bonchev–Trinajstić information content (AvgIpc) is 2.31. The third-order valence-electron chi connectivity index (χ3n) is 4.89. The lowest BCUT2D eigenvalue weighted by atomic mass is 9.46. The number of benzene rings is 1. The lowest BCUT2D eigenvalue weighted by molar-refractivity contribution is -0.104. The van der Waals surface area contributed by atoms with Gasteiger partial charge in [0.05, 0.1) is 11.5 Å². The van der Waals surface area contributed by atoms with E-state index in [2.05, 4.69) is 6.92 Å². The third-order valence-corrected chi connectivity index (χ3v) is 6.17. The average molecular weight is 294 g/mol. The van der Waals surface area contributed by atoms with E-state index in [-0.39, 0.29) is 10.3 Å². The molecule has 2 saturated carbocycles. The van der Waals surface area contributed by atoms with Crippen LogP contribution in [0.2, 0.25) is 0 Å². The van der Waals surface area contributed by atoms with Crippen molar-refractivity contribution in [3.05, 3.63) is 29.8 Å². The molecule has 0 unspecified atom stereocenters. The minimum absolute atomic E-state index is 0.0399. The molecule has 1 aromatic rings. The van der Waals surface area contributed by atoms with E-state index in [0.29, 0.717) is 12.0 Å². The van der Waals surface area contributed by atoms with Crippen LogP contribution >= 0.6 is 0 Å². The molecular weight excluding hydrogens is 272 g/mol. The van der Waals surface area contributed by atoms with Gasteiger partial charge in [0.1, 0.15) is 0 Å². The molecule has 0 aliphatic heterocycles. The molecule has 2 aliphatic rings. The highest BCUT2D eigenvalue weighted by Crippen LogP contribution is 2.64. The first kappa shape index (κ1) is 14.1. The largest absolute Gasteiger partial charge is 0.296 e. The first-order valence-electron chi connectivity index (χ1n) is 7.29. The van der Waals surface area contributed by atoms with Gasteiger partial charge in [-0.25, -0.2) is 0 Å². The molecule has 0 N–H and O–H groups in total. The van der Waals surface area contributed by atoms with Crippen molar-refractivity contribution in [2.75, 3.05) is 6.61 Å². The summed E-state index contributed by atoms with van der Waals surface area (Å²) in [6.07, 6.45) is 6.19. The standard InChI is InChI=1S/C16H22O3S/c1-13-4-6-14(7-5-13)20(17,18)19-12-15(2)10-16(11-15)8-3-9-16/h4-7H,3,8-12H2,1-2H3. The predicted octanol–water partition coefficient (Wildman–Crippen LogP) is 3.67. The minimum Gasteiger partial charge on any atom is -0.266 e. The Morgan fingerprint density at radius 1 is 1.15 bits per heavy atom. The van der Waals surface area contributed by atoms with E-state index in [9.17, 15) is 8.42 Å². The van der Waals surface area contributed by atoms with Crippen molar-refractivity contribution in [3.8, 4) is 0 Å². The second-order valence-corrected chi connectivity index (χ2v) is 8.66. The summed E-state index contributed by atoms with van der Waals surface area (Å²) >= 11 is 0. The van der Waals surface area contributed by atoms with Gasteiger partial charge in [-0.05, 0) is 55.6 Å². The van der Waals surface area contributed by atoms with Crippen LogP contribution in [0.1, 0.15) is 44.6 Å². The van der Waals surface area contributed by atoms with Crippen molar-refractivity contribution < 1.29 is 12.6 Å². The molecule has 3 rings (SSSR count). The van der Waals surface area contributed by atoms with E-state index in [1.807, 2.05) is 6.92 Å². The Hall–Kier alpha value is -0.870. The van der Waals surface area contributed by atoms with Crippen molar-refractivity contribution in [2.45, 2.75) is 50.8 Å². The fraction of sp³-hybridized carbons (Fsp3) is 0.625. The Morgan fingerprint density at radius 2 is 1.75 bits per heavy atom. The minimum atomic E-state index is -3.61. The molecule has 20 heavy (non-hydrogen) atoms. The van der Waals surface area contributed by atoms with Crippen LogP contribution in [-0.4, -0.2) is 15.0 Å². The SMILES string of the molecule is Cc1ccc(S(=O)(=O)OCC2(C)CC3(CCC3)C2)cc1. The molecule has 0 radical (unpaired) electrons. The zero-order chi connectivity index (χ0) is 14.4. The van der Waals surface area contributed by atoms with Crippen LogP contribution in [0.5, 0.6) is 0 Å². The second-order valence-electron chi connectivity index (χ2n) is 7.05. The first-order chi connectivity index (χ1) is 9.33. The quantitative estimate of drug-likeness (QED) is 0.796. The van der Waals surface area contributed by atoms with Crippen molar-refractivity contribution in [2.24, 2.45) is 10.8 Å². The van der Waals surface area contributed by atoms with Crippen LogP contribution in [0, 0.1) is 17.8 Å². The first-order valence-corrected chi connectivity index (χ1v) is 8.70. The molecule has 110 valence electrons. The zero-order valence-electron chi connectivity index (χ0n) is 12.2. The summed E-state index contributed by atoms with van der Waals surface area (Å²) < 4.78 is 29.6. The van der Waals surface area contributed by atoms with Crippen LogP contribution in [0.25, 0.3) is 0 Å². The van der Waals surface area contributed by atoms with Crippen molar-refractivity contribution in [3.63, 3.8) is 0 Å². The molecule has 0 saturated heterocycles. The van der Waals surface area contributed by atoms with Gasteiger partial charge in [-0.3, -0.25) is 4.18 Å². The van der Waals surface area contributed by atoms with Gasteiger partial charge >= 0.3 is 0 Å². The highest BCUT2D eigenvalue weighted by Gasteiger charge is 2.54. The Labute approximate surface area is 121 Å². The molecule has 0 heterocycles. The summed E-state index contributed by atoms with van der Waals surface area (Å²) in [7, 11) is -3.61. The number of hydrogen-bond donors (Lipinski definition) is 0. The number of aryl methyl sites for hydroxylation is 1. The maximum absolute atomic E-state index is 12.2. The van der Waals surface area contributed by atoms with E-state index in [1.54, 1.807) is 24.3 Å². The highest BCUT2D eigenvalue weighted by molar-refractivity contribution is 7.86. The van der Waals surface area contributed by atoms with E-state index in [0.717, 1.165) is 18.4 Å². The maximum atomic E-state index is 12.2. The predicted molar refractivity (Wildman–Crippen MR) is 77.9 cm³/mol. The molecule has 0 amide bonds. The van der Waals surface area contributed by atoms with Gasteiger partial charge in [0.2, 0.25) is 0 Å². The smallest absolute Gasteiger partial charge is 0.266 e. The van der Waals surface area contributed by atoms with Gasteiger partial charge < -0.3 is 0 Å². The summed E-state index contributed by atoms with van der Waals surface area (Å²) in [6.45, 7) is 4.39. The van der Waals surface area contributed by atoms with Gasteiger partial charge in [0, 0.05) is 0 Å². The van der Waals surface area contributed by atoms with Crippen LogP contribution < -0.4 is 0 Å². The van der Waals surface area contributed by atoms with Gasteiger partial charge in [-0.1, -0.05) is 31.0 Å². The lowest BCUT2D eigenvalue weighted by Crippen LogP contribution is -2.51. The van der Waals surface area contributed by atoms with E-state index < -0.39 is 10.1 Å². The monoisotopic (exact) mass is 294 g/mol. The molecule has 3 nitrogen and oxygen atoms in total. The molecule has 2 aliphatic carbocycles. The van der Waals surface area contributed by atoms with Crippen LogP contribution in [0.15, 0.2) is 29.2 Å². The summed E-state index contributed by atoms with van der Waals surface area (Å²) in [5, 5.41) is 0. The van der Waals surface area contributed by atoms with Crippen LogP contribution in [0.3, 0.4) is 0 Å². The normalized spacial score (nSPS) is 23.1. The molecule has 1 aromatic carbocycles. The fourth-order valence-corrected chi connectivity index (χ4v) is 4.93. The summed E-state index contributed by atoms with van der Waals surface area (Å²) in [4.78, 5) is 0.254. The van der Waals surface area contributed by atoms with E-state index >= 15 is 0 Å². The Morgan fingerprint density at radius 3 is 2.25 bits per heavy atom. The van der Waals surface area contributed by atoms with Crippen molar-refractivity contribution >= 4 is 10.1 Å². The molecule has 0 atom stereocenters. The molecule has 0 aromatic heterocycles. The summed E-state index contributed by atoms with van der Waals surface area (Å²) in [5.41, 5.74) is 1.62. The van der Waals surface area contributed by atoms with E-state index in [4.69, 9.17) is 4.18 Å². The van der Waals surface area contributed by atoms with E-state index in [1.165, 1.54) is 19.3 Å². The molecule has 0 bridgehead atoms. The number of hydrogen-bond acceptors (Lipinski definition) is 3. The van der Waals surface area contributed by atoms with Crippen LogP contribution in [-0.2, 0) is 14.3 Å². The summed E-state index contributed by atoms with van der Waals surface area (Å²) in [6, 6.07) is 6.82. The fourth-order valence-electron chi connectivity index (χ4n) is 3.88. The maximum Gasteiger partial charge on any atom is 0.296 e. The Bertz CT molecular complexity index is 589. The van der Waals surface area contributed by atoms with Gasteiger partial charge in [0.15, 0.2) is 0 Å². The Kier molecular flexibility index (Phi) is 3.22. The molecule has 2 fully saturated rings. The van der Waals surface area contributed by atoms with Crippen molar-refractivity contribution in [1.82, 2.24) is 0 Å². The second kappa shape index (κ2) is 4.57. The zero-order valence-corrected chi connectivity index (χ0v) is 13.0. The molecule has 1 spiro atoms. The topological polar surface area (TPSA) is 43.4 Å². The third kappa shape index (κ3) is 2.51.